The molecule has 1 aliphatic heterocycles. The Hall–Kier alpha value is -1.22. The standard InChI is InChI=1S/C15H26N3/c1-2-18(11-6-3-7-12-18)13-10-17-15-9-5-4-8-14(15)16/h4-5,8-9,17H,2-3,6-7,10-13,16H2,1H3/q+1. The normalized spacial score (nSPS) is 18.5. The highest BCUT2D eigenvalue weighted by atomic mass is 15.4. The minimum atomic E-state index is 0.846. The monoisotopic (exact) mass is 248 g/mol. The summed E-state index contributed by atoms with van der Waals surface area (Å²) in [4.78, 5) is 0. The fraction of sp³-hybridized carbons (Fsp3) is 0.600. The molecule has 3 N–H and O–H groups in total. The van der Waals surface area contributed by atoms with Gasteiger partial charge < -0.3 is 15.5 Å². The van der Waals surface area contributed by atoms with Gasteiger partial charge in [-0.25, -0.2) is 0 Å². The molecular weight excluding hydrogens is 222 g/mol. The number of nitrogens with two attached hydrogens (primary N) is 1. The van der Waals surface area contributed by atoms with Crippen LogP contribution in [0.2, 0.25) is 0 Å². The number of quaternary nitrogens is 1. The van der Waals surface area contributed by atoms with Gasteiger partial charge in [0.15, 0.2) is 0 Å². The molecule has 0 amide bonds. The van der Waals surface area contributed by atoms with Gasteiger partial charge in [-0.3, -0.25) is 0 Å². The van der Waals surface area contributed by atoms with Crippen LogP contribution in [0.15, 0.2) is 24.3 Å². The van der Waals surface area contributed by atoms with Crippen LogP contribution in [-0.2, 0) is 0 Å². The van der Waals surface area contributed by atoms with Gasteiger partial charge in [-0.05, 0) is 38.3 Å². The molecule has 0 spiro atoms. The molecule has 0 saturated carbocycles. The van der Waals surface area contributed by atoms with Crippen LogP contribution in [-0.4, -0.2) is 37.2 Å². The van der Waals surface area contributed by atoms with Gasteiger partial charge in [-0.1, -0.05) is 12.1 Å². The number of likely N-dealkylation sites (N-methyl/N-ethyl adjacent to an activating group) is 1. The molecule has 1 aliphatic rings. The Morgan fingerprint density at radius 2 is 1.89 bits per heavy atom. The molecule has 0 atom stereocenters. The minimum absolute atomic E-state index is 0.846. The summed E-state index contributed by atoms with van der Waals surface area (Å²) in [6.45, 7) is 8.51. The topological polar surface area (TPSA) is 38.0 Å². The third kappa shape index (κ3) is 3.16. The zero-order valence-corrected chi connectivity index (χ0v) is 11.5. The fourth-order valence-electron chi connectivity index (χ4n) is 2.97. The first-order chi connectivity index (χ1) is 8.76. The average Bonchev–Trinajstić information content (AvgIpc) is 2.42. The highest BCUT2D eigenvalue weighted by molar-refractivity contribution is 5.65. The van der Waals surface area contributed by atoms with Crippen molar-refractivity contribution in [3.8, 4) is 0 Å². The molecule has 18 heavy (non-hydrogen) atoms. The van der Waals surface area contributed by atoms with E-state index in [-0.39, 0.29) is 0 Å². The Kier molecular flexibility index (Phi) is 4.48. The van der Waals surface area contributed by atoms with Gasteiger partial charge in [0.2, 0.25) is 0 Å². The van der Waals surface area contributed by atoms with Gasteiger partial charge in [0.25, 0.3) is 0 Å². The van der Waals surface area contributed by atoms with Crippen LogP contribution in [0.5, 0.6) is 0 Å². The number of anilines is 2. The highest BCUT2D eigenvalue weighted by Gasteiger charge is 2.27. The van der Waals surface area contributed by atoms with Crippen molar-refractivity contribution < 1.29 is 4.48 Å². The molecule has 100 valence electrons. The highest BCUT2D eigenvalue weighted by Crippen LogP contribution is 2.20. The van der Waals surface area contributed by atoms with E-state index in [0.717, 1.165) is 17.9 Å². The number of piperidine rings is 1. The van der Waals surface area contributed by atoms with E-state index in [2.05, 4.69) is 18.3 Å². The number of benzene rings is 1. The van der Waals surface area contributed by atoms with Crippen molar-refractivity contribution in [2.75, 3.05) is 43.8 Å². The number of nitrogen functional groups attached to an aromatic ring is 1. The van der Waals surface area contributed by atoms with Crippen LogP contribution < -0.4 is 11.1 Å². The predicted molar refractivity (Wildman–Crippen MR) is 78.6 cm³/mol. The van der Waals surface area contributed by atoms with Crippen LogP contribution in [0.25, 0.3) is 0 Å². The first-order valence-electron chi connectivity index (χ1n) is 7.19. The van der Waals surface area contributed by atoms with E-state index in [1.54, 1.807) is 0 Å². The van der Waals surface area contributed by atoms with Gasteiger partial charge >= 0.3 is 0 Å². The lowest BCUT2D eigenvalue weighted by molar-refractivity contribution is -0.929. The predicted octanol–water partition coefficient (Wildman–Crippen LogP) is 2.70. The maximum atomic E-state index is 5.94. The lowest BCUT2D eigenvalue weighted by Crippen LogP contribution is -2.53. The first-order valence-corrected chi connectivity index (χ1v) is 7.19. The summed E-state index contributed by atoms with van der Waals surface area (Å²) in [6.07, 6.45) is 4.20. The van der Waals surface area contributed by atoms with Gasteiger partial charge in [-0.15, -0.1) is 0 Å². The summed E-state index contributed by atoms with van der Waals surface area (Å²) in [5.41, 5.74) is 7.86. The van der Waals surface area contributed by atoms with Crippen molar-refractivity contribution in [2.24, 2.45) is 0 Å². The number of para-hydroxylation sites is 2. The Balaban J connectivity index is 1.85. The number of rotatable bonds is 5. The molecule has 1 aromatic rings. The number of hydrogen-bond acceptors (Lipinski definition) is 2. The SMILES string of the molecule is CC[N+]1(CCNc2ccccc2N)CCCCC1. The van der Waals surface area contributed by atoms with Crippen LogP contribution in [0.3, 0.4) is 0 Å². The van der Waals surface area contributed by atoms with E-state index in [9.17, 15) is 0 Å². The quantitative estimate of drug-likeness (QED) is 0.621. The molecule has 1 aromatic carbocycles. The van der Waals surface area contributed by atoms with Gasteiger partial charge in [-0.2, -0.15) is 0 Å². The summed E-state index contributed by atoms with van der Waals surface area (Å²) < 4.78 is 1.28. The smallest absolute Gasteiger partial charge is 0.0962 e. The summed E-state index contributed by atoms with van der Waals surface area (Å²) in [5, 5.41) is 3.48. The van der Waals surface area contributed by atoms with Crippen LogP contribution >= 0.6 is 0 Å². The summed E-state index contributed by atoms with van der Waals surface area (Å²) in [7, 11) is 0. The molecule has 0 unspecified atom stereocenters. The van der Waals surface area contributed by atoms with E-state index in [1.165, 1.54) is 49.9 Å². The summed E-state index contributed by atoms with van der Waals surface area (Å²) in [5.74, 6) is 0. The van der Waals surface area contributed by atoms with E-state index >= 15 is 0 Å². The molecule has 2 rings (SSSR count). The minimum Gasteiger partial charge on any atom is -0.397 e. The number of nitrogens with zero attached hydrogens (tertiary/aromatic N) is 1. The Bertz CT molecular complexity index is 370. The molecule has 0 radical (unpaired) electrons. The van der Waals surface area contributed by atoms with Crippen molar-refractivity contribution >= 4 is 11.4 Å². The number of likely N-dealkylation sites (tertiary alicyclic amines) is 1. The third-order valence-corrected chi connectivity index (χ3v) is 4.30. The number of nitrogens with one attached hydrogen (secondary N) is 1. The maximum Gasteiger partial charge on any atom is 0.0962 e. The van der Waals surface area contributed by atoms with Crippen LogP contribution in [0.1, 0.15) is 26.2 Å². The van der Waals surface area contributed by atoms with Crippen LogP contribution in [0.4, 0.5) is 11.4 Å². The zero-order valence-electron chi connectivity index (χ0n) is 11.5. The Labute approximate surface area is 111 Å². The maximum absolute atomic E-state index is 5.94. The molecule has 1 fully saturated rings. The second-order valence-corrected chi connectivity index (χ2v) is 5.40. The zero-order chi connectivity index (χ0) is 12.8. The summed E-state index contributed by atoms with van der Waals surface area (Å²) >= 11 is 0. The molecule has 1 heterocycles. The molecule has 0 bridgehead atoms. The van der Waals surface area contributed by atoms with Crippen molar-refractivity contribution in [3.05, 3.63) is 24.3 Å². The van der Waals surface area contributed by atoms with Crippen molar-refractivity contribution in [2.45, 2.75) is 26.2 Å². The van der Waals surface area contributed by atoms with E-state index in [0.29, 0.717) is 0 Å². The fourth-order valence-corrected chi connectivity index (χ4v) is 2.97. The van der Waals surface area contributed by atoms with Gasteiger partial charge in [0, 0.05) is 0 Å². The summed E-state index contributed by atoms with van der Waals surface area (Å²) in [6, 6.07) is 8.02. The van der Waals surface area contributed by atoms with Crippen molar-refractivity contribution in [1.29, 1.82) is 0 Å². The van der Waals surface area contributed by atoms with Gasteiger partial charge in [0.05, 0.1) is 44.1 Å². The van der Waals surface area contributed by atoms with E-state index in [1.807, 2.05) is 18.2 Å². The van der Waals surface area contributed by atoms with Gasteiger partial charge in [0.1, 0.15) is 0 Å². The largest absolute Gasteiger partial charge is 0.397 e. The lowest BCUT2D eigenvalue weighted by atomic mass is 10.1. The molecule has 0 aromatic heterocycles. The third-order valence-electron chi connectivity index (χ3n) is 4.30. The van der Waals surface area contributed by atoms with Crippen molar-refractivity contribution in [1.82, 2.24) is 0 Å². The Morgan fingerprint density at radius 1 is 1.17 bits per heavy atom. The van der Waals surface area contributed by atoms with Crippen LogP contribution in [0, 0.1) is 0 Å². The molecular formula is C15H26N3+. The molecule has 1 saturated heterocycles. The molecule has 0 aliphatic carbocycles. The van der Waals surface area contributed by atoms with Crippen molar-refractivity contribution in [3.63, 3.8) is 0 Å². The molecule has 3 heteroatoms. The number of hydrogen-bond donors (Lipinski definition) is 2. The second kappa shape index (κ2) is 6.10. The average molecular weight is 248 g/mol. The second-order valence-electron chi connectivity index (χ2n) is 5.40. The first kappa shape index (κ1) is 13.2. The lowest BCUT2D eigenvalue weighted by Gasteiger charge is -2.41. The molecule has 3 nitrogen and oxygen atoms in total. The van der Waals surface area contributed by atoms with E-state index < -0.39 is 0 Å². The Morgan fingerprint density at radius 3 is 2.56 bits per heavy atom. The van der Waals surface area contributed by atoms with E-state index in [4.69, 9.17) is 5.73 Å².